The summed E-state index contributed by atoms with van der Waals surface area (Å²) < 4.78 is 0. The van der Waals surface area contributed by atoms with Gasteiger partial charge in [0.2, 0.25) is 0 Å². The molecular weight excluding hydrogens is 172 g/mol. The summed E-state index contributed by atoms with van der Waals surface area (Å²) in [5, 5.41) is 0. The fourth-order valence-corrected chi connectivity index (χ4v) is 2.69. The third-order valence-electron chi connectivity index (χ3n) is 4.22. The fourth-order valence-electron chi connectivity index (χ4n) is 2.69. The molecule has 1 saturated heterocycles. The summed E-state index contributed by atoms with van der Waals surface area (Å²) in [6.45, 7) is 8.22. The van der Waals surface area contributed by atoms with Crippen molar-refractivity contribution in [1.29, 1.82) is 0 Å². The van der Waals surface area contributed by atoms with Crippen molar-refractivity contribution in [1.82, 2.24) is 4.90 Å². The smallest absolute Gasteiger partial charge is 0.0333 e. The summed E-state index contributed by atoms with van der Waals surface area (Å²) in [7, 11) is 0. The third-order valence-corrected chi connectivity index (χ3v) is 4.22. The van der Waals surface area contributed by atoms with Gasteiger partial charge in [0.25, 0.3) is 0 Å². The maximum Gasteiger partial charge on any atom is 0.0333 e. The average Bonchev–Trinajstić information content (AvgIpc) is 2.90. The number of nitrogens with two attached hydrogens (primary N) is 1. The maximum absolute atomic E-state index is 5.88. The van der Waals surface area contributed by atoms with E-state index in [1.807, 2.05) is 0 Å². The summed E-state index contributed by atoms with van der Waals surface area (Å²) in [5.41, 5.74) is 6.86. The van der Waals surface area contributed by atoms with Crippen LogP contribution in [0.2, 0.25) is 0 Å². The predicted octanol–water partition coefficient (Wildman–Crippen LogP) is 1.99. The van der Waals surface area contributed by atoms with Crippen LogP contribution in [0, 0.1) is 5.41 Å². The Morgan fingerprint density at radius 3 is 2.36 bits per heavy atom. The molecule has 82 valence electrons. The van der Waals surface area contributed by atoms with Gasteiger partial charge in [-0.1, -0.05) is 13.8 Å². The molecule has 1 saturated carbocycles. The Hall–Kier alpha value is -0.0800. The van der Waals surface area contributed by atoms with Gasteiger partial charge in [-0.3, -0.25) is 4.90 Å². The zero-order valence-corrected chi connectivity index (χ0v) is 9.68. The first kappa shape index (κ1) is 10.4. The highest BCUT2D eigenvalue weighted by molar-refractivity contribution is 5.05. The molecule has 0 atom stereocenters. The molecule has 1 aliphatic heterocycles. The van der Waals surface area contributed by atoms with Crippen molar-refractivity contribution in [3.8, 4) is 0 Å². The molecule has 0 aromatic carbocycles. The van der Waals surface area contributed by atoms with Crippen LogP contribution in [0.15, 0.2) is 0 Å². The molecule has 2 N–H and O–H groups in total. The van der Waals surface area contributed by atoms with Gasteiger partial charge in [-0.05, 0) is 50.6 Å². The molecule has 2 nitrogen and oxygen atoms in total. The molecule has 0 spiro atoms. The van der Waals surface area contributed by atoms with Gasteiger partial charge in [-0.2, -0.15) is 0 Å². The highest BCUT2D eigenvalue weighted by Crippen LogP contribution is 2.43. The van der Waals surface area contributed by atoms with E-state index in [9.17, 15) is 0 Å². The highest BCUT2D eigenvalue weighted by Gasteiger charge is 2.47. The molecule has 2 aliphatic rings. The largest absolute Gasteiger partial charge is 0.329 e. The predicted molar refractivity (Wildman–Crippen MR) is 60.2 cm³/mol. The van der Waals surface area contributed by atoms with Gasteiger partial charge < -0.3 is 5.73 Å². The van der Waals surface area contributed by atoms with Crippen LogP contribution in [0.25, 0.3) is 0 Å². The zero-order chi connectivity index (χ0) is 10.2. The molecule has 0 aromatic heterocycles. The molecule has 0 unspecified atom stereocenters. The standard InChI is InChI=1S/C12H24N2/c1-11(2)4-3-8-14(9-7-11)12(10-13)5-6-12/h3-10,13H2,1-2H3. The quantitative estimate of drug-likeness (QED) is 0.732. The topological polar surface area (TPSA) is 29.3 Å². The van der Waals surface area contributed by atoms with Crippen molar-refractivity contribution < 1.29 is 0 Å². The van der Waals surface area contributed by atoms with E-state index >= 15 is 0 Å². The second kappa shape index (κ2) is 3.49. The Labute approximate surface area is 87.8 Å². The number of nitrogens with zero attached hydrogens (tertiary/aromatic N) is 1. The zero-order valence-electron chi connectivity index (χ0n) is 9.68. The van der Waals surface area contributed by atoms with Gasteiger partial charge in [-0.15, -0.1) is 0 Å². The van der Waals surface area contributed by atoms with Crippen molar-refractivity contribution >= 4 is 0 Å². The van der Waals surface area contributed by atoms with E-state index in [-0.39, 0.29) is 0 Å². The summed E-state index contributed by atoms with van der Waals surface area (Å²) in [5.74, 6) is 0. The lowest BCUT2D eigenvalue weighted by Crippen LogP contribution is -2.43. The second-order valence-corrected chi connectivity index (χ2v) is 5.93. The van der Waals surface area contributed by atoms with E-state index in [2.05, 4.69) is 18.7 Å². The van der Waals surface area contributed by atoms with Crippen LogP contribution in [0.3, 0.4) is 0 Å². The van der Waals surface area contributed by atoms with E-state index < -0.39 is 0 Å². The van der Waals surface area contributed by atoms with Crippen LogP contribution in [-0.4, -0.2) is 30.1 Å². The molecule has 0 amide bonds. The lowest BCUT2D eigenvalue weighted by molar-refractivity contribution is 0.181. The van der Waals surface area contributed by atoms with Gasteiger partial charge in [0.1, 0.15) is 0 Å². The van der Waals surface area contributed by atoms with Gasteiger partial charge >= 0.3 is 0 Å². The Kier molecular flexibility index (Phi) is 2.61. The minimum Gasteiger partial charge on any atom is -0.329 e. The van der Waals surface area contributed by atoms with Crippen molar-refractivity contribution in [3.05, 3.63) is 0 Å². The van der Waals surface area contributed by atoms with E-state index in [1.54, 1.807) is 0 Å². The molecule has 0 bridgehead atoms. The molecule has 2 fully saturated rings. The summed E-state index contributed by atoms with van der Waals surface area (Å²) in [6.07, 6.45) is 6.75. The van der Waals surface area contributed by atoms with Crippen molar-refractivity contribution in [2.45, 2.75) is 51.5 Å². The van der Waals surface area contributed by atoms with Crippen LogP contribution < -0.4 is 5.73 Å². The van der Waals surface area contributed by atoms with E-state index in [0.717, 1.165) is 6.54 Å². The van der Waals surface area contributed by atoms with Crippen molar-refractivity contribution in [2.24, 2.45) is 11.1 Å². The van der Waals surface area contributed by atoms with Crippen LogP contribution >= 0.6 is 0 Å². The lowest BCUT2D eigenvalue weighted by atomic mass is 9.85. The van der Waals surface area contributed by atoms with Gasteiger partial charge in [0, 0.05) is 12.1 Å². The molecule has 14 heavy (non-hydrogen) atoms. The van der Waals surface area contributed by atoms with E-state index in [4.69, 9.17) is 5.73 Å². The Morgan fingerprint density at radius 1 is 1.07 bits per heavy atom. The molecule has 2 heteroatoms. The Bertz CT molecular complexity index is 206. The van der Waals surface area contributed by atoms with Crippen LogP contribution in [0.5, 0.6) is 0 Å². The van der Waals surface area contributed by atoms with E-state index in [0.29, 0.717) is 11.0 Å². The Balaban J connectivity index is 1.96. The first-order valence-corrected chi connectivity index (χ1v) is 6.03. The summed E-state index contributed by atoms with van der Waals surface area (Å²) in [4.78, 5) is 2.67. The SMILES string of the molecule is CC1(C)CCCN(C2(CN)CC2)CC1. The van der Waals surface area contributed by atoms with Gasteiger partial charge in [-0.25, -0.2) is 0 Å². The first-order chi connectivity index (χ1) is 6.58. The molecule has 1 heterocycles. The summed E-state index contributed by atoms with van der Waals surface area (Å²) in [6, 6.07) is 0. The lowest BCUT2D eigenvalue weighted by Gasteiger charge is -2.30. The summed E-state index contributed by atoms with van der Waals surface area (Å²) >= 11 is 0. The van der Waals surface area contributed by atoms with Crippen LogP contribution in [0.1, 0.15) is 46.0 Å². The number of likely N-dealkylation sites (tertiary alicyclic amines) is 1. The van der Waals surface area contributed by atoms with Crippen LogP contribution in [0.4, 0.5) is 0 Å². The first-order valence-electron chi connectivity index (χ1n) is 6.03. The molecule has 0 aromatic rings. The Morgan fingerprint density at radius 2 is 1.79 bits per heavy atom. The number of hydrogen-bond donors (Lipinski definition) is 1. The minimum absolute atomic E-state index is 0.431. The molecule has 2 rings (SSSR count). The third kappa shape index (κ3) is 1.96. The van der Waals surface area contributed by atoms with Crippen LogP contribution in [-0.2, 0) is 0 Å². The van der Waals surface area contributed by atoms with Crippen molar-refractivity contribution in [3.63, 3.8) is 0 Å². The minimum atomic E-state index is 0.431. The molecular formula is C12H24N2. The highest BCUT2D eigenvalue weighted by atomic mass is 15.2. The second-order valence-electron chi connectivity index (χ2n) is 5.93. The normalized spacial score (nSPS) is 31.1. The molecule has 1 aliphatic carbocycles. The number of rotatable bonds is 2. The van der Waals surface area contributed by atoms with Gasteiger partial charge in [0.15, 0.2) is 0 Å². The number of hydrogen-bond acceptors (Lipinski definition) is 2. The monoisotopic (exact) mass is 196 g/mol. The molecule has 0 radical (unpaired) electrons. The fraction of sp³-hybridized carbons (Fsp3) is 1.00. The maximum atomic E-state index is 5.88. The van der Waals surface area contributed by atoms with Crippen molar-refractivity contribution in [2.75, 3.05) is 19.6 Å². The average molecular weight is 196 g/mol. The van der Waals surface area contributed by atoms with Gasteiger partial charge in [0.05, 0.1) is 0 Å². The van der Waals surface area contributed by atoms with E-state index in [1.165, 1.54) is 45.2 Å².